The molecule has 0 bridgehead atoms. The molecule has 0 radical (unpaired) electrons. The van der Waals surface area contributed by atoms with Crippen LogP contribution in [-0.4, -0.2) is 46.9 Å². The van der Waals surface area contributed by atoms with Crippen molar-refractivity contribution in [2.24, 2.45) is 0 Å². The predicted molar refractivity (Wildman–Crippen MR) is 112 cm³/mol. The molecule has 2 rings (SSSR count). The number of ketones is 1. The molecular formula is C23H28O6. The van der Waals surface area contributed by atoms with E-state index in [1.807, 2.05) is 25.1 Å². The Hall–Kier alpha value is -2.99. The van der Waals surface area contributed by atoms with Crippen LogP contribution in [0.2, 0.25) is 0 Å². The molecule has 0 aromatic heterocycles. The highest BCUT2D eigenvalue weighted by Gasteiger charge is 2.40. The Morgan fingerprint density at radius 1 is 1.03 bits per heavy atom. The van der Waals surface area contributed by atoms with Gasteiger partial charge in [0.2, 0.25) is 5.75 Å². The van der Waals surface area contributed by atoms with Gasteiger partial charge in [0.05, 0.1) is 28.4 Å². The van der Waals surface area contributed by atoms with Gasteiger partial charge in [-0.2, -0.15) is 0 Å². The third-order valence-electron chi connectivity index (χ3n) is 4.88. The van der Waals surface area contributed by atoms with Crippen LogP contribution >= 0.6 is 0 Å². The second-order valence-electron chi connectivity index (χ2n) is 6.47. The SMILES string of the molecule is C=CCC1=C[C@](OC)(/C(C)=C/c2cc(OC)c(OC)c(OC)c2)C(OC)=CC1=O. The molecule has 0 N–H and O–H groups in total. The number of rotatable bonds is 9. The summed E-state index contributed by atoms with van der Waals surface area (Å²) in [5, 5.41) is 0. The van der Waals surface area contributed by atoms with Crippen molar-refractivity contribution in [3.8, 4) is 17.2 Å². The quantitative estimate of drug-likeness (QED) is 0.581. The number of hydrogen-bond donors (Lipinski definition) is 0. The van der Waals surface area contributed by atoms with E-state index in [-0.39, 0.29) is 5.78 Å². The van der Waals surface area contributed by atoms with Crippen LogP contribution < -0.4 is 14.2 Å². The standard InChI is InChI=1S/C23H28O6/c1-8-9-17-14-23(29-7,21(27-5)13-18(17)24)15(2)10-16-11-19(25-3)22(28-6)20(12-16)26-4/h8,10-14H,1,9H2,2-7H3/b15-10+/t23-/m0/s1. The van der Waals surface area contributed by atoms with Crippen LogP contribution in [-0.2, 0) is 14.3 Å². The summed E-state index contributed by atoms with van der Waals surface area (Å²) in [5.41, 5.74) is 1.22. The van der Waals surface area contributed by atoms with E-state index >= 15 is 0 Å². The second-order valence-corrected chi connectivity index (χ2v) is 6.47. The lowest BCUT2D eigenvalue weighted by atomic mass is 9.82. The first-order chi connectivity index (χ1) is 13.9. The van der Waals surface area contributed by atoms with Crippen molar-refractivity contribution in [2.75, 3.05) is 35.5 Å². The smallest absolute Gasteiger partial charge is 0.203 e. The van der Waals surface area contributed by atoms with Crippen molar-refractivity contribution in [1.82, 2.24) is 0 Å². The maximum atomic E-state index is 12.4. The zero-order valence-electron chi connectivity index (χ0n) is 17.8. The topological polar surface area (TPSA) is 63.2 Å². The molecule has 0 fully saturated rings. The second kappa shape index (κ2) is 9.47. The number of methoxy groups -OCH3 is 5. The number of ether oxygens (including phenoxy) is 5. The fourth-order valence-corrected chi connectivity index (χ4v) is 3.40. The van der Waals surface area contributed by atoms with Gasteiger partial charge in [-0.15, -0.1) is 6.58 Å². The minimum Gasteiger partial charge on any atom is -0.497 e. The van der Waals surface area contributed by atoms with E-state index in [0.29, 0.717) is 35.0 Å². The summed E-state index contributed by atoms with van der Waals surface area (Å²) in [6, 6.07) is 3.68. The lowest BCUT2D eigenvalue weighted by Gasteiger charge is -2.35. The predicted octanol–water partition coefficient (Wildman–Crippen LogP) is 4.12. The highest BCUT2D eigenvalue weighted by Crippen LogP contribution is 2.41. The molecule has 6 nitrogen and oxygen atoms in total. The van der Waals surface area contributed by atoms with E-state index in [1.54, 1.807) is 40.6 Å². The van der Waals surface area contributed by atoms with E-state index < -0.39 is 5.60 Å². The molecule has 1 aromatic rings. The molecule has 156 valence electrons. The third-order valence-corrected chi connectivity index (χ3v) is 4.88. The Morgan fingerprint density at radius 2 is 1.66 bits per heavy atom. The van der Waals surface area contributed by atoms with E-state index in [9.17, 15) is 4.79 Å². The van der Waals surface area contributed by atoms with Gasteiger partial charge in [0.15, 0.2) is 22.9 Å². The maximum absolute atomic E-state index is 12.4. The molecule has 1 atom stereocenters. The van der Waals surface area contributed by atoms with Crippen molar-refractivity contribution in [2.45, 2.75) is 18.9 Å². The third kappa shape index (κ3) is 4.22. The van der Waals surface area contributed by atoms with Crippen LogP contribution in [0.1, 0.15) is 18.9 Å². The summed E-state index contributed by atoms with van der Waals surface area (Å²) in [5.74, 6) is 1.90. The molecule has 0 unspecified atom stereocenters. The fourth-order valence-electron chi connectivity index (χ4n) is 3.40. The molecule has 6 heteroatoms. The van der Waals surface area contributed by atoms with Crippen molar-refractivity contribution >= 4 is 11.9 Å². The zero-order chi connectivity index (χ0) is 21.6. The summed E-state index contributed by atoms with van der Waals surface area (Å²) in [7, 11) is 7.79. The van der Waals surface area contributed by atoms with E-state index in [1.165, 1.54) is 13.2 Å². The number of carbonyl (C=O) groups excluding carboxylic acids is 1. The monoisotopic (exact) mass is 400 g/mol. The van der Waals surface area contributed by atoms with Crippen LogP contribution in [0.25, 0.3) is 6.08 Å². The molecule has 0 amide bonds. The van der Waals surface area contributed by atoms with E-state index in [2.05, 4.69) is 6.58 Å². The first kappa shape index (κ1) is 22.3. The molecule has 0 saturated heterocycles. The number of carbonyl (C=O) groups is 1. The largest absolute Gasteiger partial charge is 0.497 e. The summed E-state index contributed by atoms with van der Waals surface area (Å²) in [6.45, 7) is 5.64. The van der Waals surface area contributed by atoms with Crippen LogP contribution in [0.15, 0.2) is 53.8 Å². The van der Waals surface area contributed by atoms with Gasteiger partial charge in [-0.1, -0.05) is 12.2 Å². The van der Waals surface area contributed by atoms with Gasteiger partial charge in [0.1, 0.15) is 5.76 Å². The average Bonchev–Trinajstić information content (AvgIpc) is 2.73. The minimum absolute atomic E-state index is 0.116. The highest BCUT2D eigenvalue weighted by atomic mass is 16.5. The van der Waals surface area contributed by atoms with Crippen molar-refractivity contribution < 1.29 is 28.5 Å². The Kier molecular flexibility index (Phi) is 7.29. The minimum atomic E-state index is -1.01. The summed E-state index contributed by atoms with van der Waals surface area (Å²) < 4.78 is 27.7. The summed E-state index contributed by atoms with van der Waals surface area (Å²) >= 11 is 0. The maximum Gasteiger partial charge on any atom is 0.203 e. The fraction of sp³-hybridized carbons (Fsp3) is 0.348. The molecule has 1 aliphatic rings. The molecule has 0 aliphatic heterocycles. The van der Waals surface area contributed by atoms with Gasteiger partial charge < -0.3 is 23.7 Å². The van der Waals surface area contributed by atoms with Crippen LogP contribution in [0.4, 0.5) is 0 Å². The number of allylic oxidation sites excluding steroid dienone is 3. The van der Waals surface area contributed by atoms with Gasteiger partial charge in [0, 0.05) is 18.8 Å². The van der Waals surface area contributed by atoms with Crippen molar-refractivity contribution in [1.29, 1.82) is 0 Å². The van der Waals surface area contributed by atoms with Gasteiger partial charge in [0.25, 0.3) is 0 Å². The van der Waals surface area contributed by atoms with Crippen LogP contribution in [0, 0.1) is 0 Å². The lowest BCUT2D eigenvalue weighted by Crippen LogP contribution is -2.37. The average molecular weight is 400 g/mol. The molecule has 0 saturated carbocycles. The first-order valence-electron chi connectivity index (χ1n) is 9.07. The van der Waals surface area contributed by atoms with E-state index in [4.69, 9.17) is 23.7 Å². The normalized spacial score (nSPS) is 19.2. The van der Waals surface area contributed by atoms with Crippen molar-refractivity contribution in [3.63, 3.8) is 0 Å². The Bertz CT molecular complexity index is 852. The molecule has 29 heavy (non-hydrogen) atoms. The molecule has 0 heterocycles. The Balaban J connectivity index is 2.64. The van der Waals surface area contributed by atoms with Gasteiger partial charge in [-0.25, -0.2) is 0 Å². The van der Waals surface area contributed by atoms with Crippen LogP contribution in [0.3, 0.4) is 0 Å². The Labute approximate surface area is 172 Å². The number of benzene rings is 1. The number of hydrogen-bond acceptors (Lipinski definition) is 6. The molecule has 0 spiro atoms. The van der Waals surface area contributed by atoms with Gasteiger partial charge in [-0.3, -0.25) is 4.79 Å². The highest BCUT2D eigenvalue weighted by molar-refractivity contribution is 6.06. The van der Waals surface area contributed by atoms with Gasteiger partial charge in [-0.05, 0) is 42.7 Å². The molecule has 1 aromatic carbocycles. The summed E-state index contributed by atoms with van der Waals surface area (Å²) in [4.78, 5) is 12.4. The lowest BCUT2D eigenvalue weighted by molar-refractivity contribution is -0.112. The molecule has 1 aliphatic carbocycles. The molecular weight excluding hydrogens is 372 g/mol. The van der Waals surface area contributed by atoms with Gasteiger partial charge >= 0.3 is 0 Å². The van der Waals surface area contributed by atoms with E-state index in [0.717, 1.165) is 11.1 Å². The summed E-state index contributed by atoms with van der Waals surface area (Å²) in [6.07, 6.45) is 7.32. The van der Waals surface area contributed by atoms with Crippen LogP contribution in [0.5, 0.6) is 17.2 Å². The van der Waals surface area contributed by atoms with Crippen molar-refractivity contribution in [3.05, 3.63) is 59.4 Å². The first-order valence-corrected chi connectivity index (χ1v) is 9.07. The zero-order valence-corrected chi connectivity index (χ0v) is 17.8. The Morgan fingerprint density at radius 3 is 2.10 bits per heavy atom.